The molecule has 0 spiro atoms. The summed E-state index contributed by atoms with van der Waals surface area (Å²) in [6.07, 6.45) is 3.42. The molecule has 0 aromatic carbocycles. The molecular weight excluding hydrogens is 346 g/mol. The van der Waals surface area contributed by atoms with E-state index in [0.29, 0.717) is 16.1 Å². The van der Waals surface area contributed by atoms with E-state index < -0.39 is 0 Å². The van der Waals surface area contributed by atoms with Crippen LogP contribution in [0, 0.1) is 0 Å². The van der Waals surface area contributed by atoms with Crippen LogP contribution in [0.1, 0.15) is 0 Å². The average Bonchev–Trinajstić information content (AvgIpc) is 3.25. The number of carbonyl (C=O) groups excluding carboxylic acids is 1. The Bertz CT molecular complexity index is 755. The van der Waals surface area contributed by atoms with E-state index in [1.807, 2.05) is 6.26 Å². The van der Waals surface area contributed by atoms with Gasteiger partial charge in [0, 0.05) is 0 Å². The first-order valence-corrected chi connectivity index (χ1v) is 8.95. The van der Waals surface area contributed by atoms with Crippen LogP contribution in [0.25, 0.3) is 11.7 Å². The standard InChI is InChI=1S/C11H9N5O3S3/c1-20-11-16-14-9(22-11)12-7(17)5-21-10-15-13-8(19-10)6-3-2-4-18-6/h2-4H,5H2,1H3,(H,12,14,17). The number of aromatic nitrogens is 4. The first kappa shape index (κ1) is 15.1. The highest BCUT2D eigenvalue weighted by molar-refractivity contribution is 8.00. The van der Waals surface area contributed by atoms with Crippen molar-refractivity contribution in [3.05, 3.63) is 18.4 Å². The van der Waals surface area contributed by atoms with Crippen molar-refractivity contribution >= 4 is 45.9 Å². The Kier molecular flexibility index (Phi) is 4.75. The number of hydrogen-bond donors (Lipinski definition) is 1. The number of anilines is 1. The molecule has 8 nitrogen and oxygen atoms in total. The van der Waals surface area contributed by atoms with Gasteiger partial charge in [-0.15, -0.1) is 20.4 Å². The molecule has 0 fully saturated rings. The highest BCUT2D eigenvalue weighted by atomic mass is 32.2. The number of carbonyl (C=O) groups is 1. The van der Waals surface area contributed by atoms with Crippen molar-refractivity contribution in [2.75, 3.05) is 17.3 Å². The summed E-state index contributed by atoms with van der Waals surface area (Å²) in [7, 11) is 0. The van der Waals surface area contributed by atoms with E-state index in [1.165, 1.54) is 29.4 Å². The number of rotatable bonds is 6. The van der Waals surface area contributed by atoms with Crippen LogP contribution in [0.15, 0.2) is 36.8 Å². The maximum absolute atomic E-state index is 11.8. The van der Waals surface area contributed by atoms with Gasteiger partial charge in [-0.3, -0.25) is 10.1 Å². The molecule has 11 heteroatoms. The first-order valence-electron chi connectivity index (χ1n) is 5.92. The Labute approximate surface area is 137 Å². The van der Waals surface area contributed by atoms with Crippen molar-refractivity contribution in [3.8, 4) is 11.7 Å². The van der Waals surface area contributed by atoms with E-state index in [9.17, 15) is 4.79 Å². The lowest BCUT2D eigenvalue weighted by molar-refractivity contribution is -0.113. The molecule has 3 aromatic heterocycles. The van der Waals surface area contributed by atoms with Gasteiger partial charge in [-0.1, -0.05) is 34.9 Å². The van der Waals surface area contributed by atoms with Gasteiger partial charge >= 0.3 is 0 Å². The largest absolute Gasteiger partial charge is 0.459 e. The van der Waals surface area contributed by atoms with Gasteiger partial charge in [-0.05, 0) is 18.4 Å². The molecule has 0 saturated carbocycles. The molecule has 0 bridgehead atoms. The predicted octanol–water partition coefficient (Wildman–Crippen LogP) is 2.63. The fraction of sp³-hybridized carbons (Fsp3) is 0.182. The van der Waals surface area contributed by atoms with Gasteiger partial charge < -0.3 is 8.83 Å². The molecule has 0 unspecified atom stereocenters. The zero-order chi connectivity index (χ0) is 15.4. The first-order chi connectivity index (χ1) is 10.7. The maximum Gasteiger partial charge on any atom is 0.284 e. The van der Waals surface area contributed by atoms with Crippen molar-refractivity contribution in [3.63, 3.8) is 0 Å². The maximum atomic E-state index is 11.8. The van der Waals surface area contributed by atoms with Crippen LogP contribution in [0.3, 0.4) is 0 Å². The smallest absolute Gasteiger partial charge is 0.284 e. The third-order valence-corrected chi connectivity index (χ3v) is 4.93. The summed E-state index contributed by atoms with van der Waals surface area (Å²) in [6.45, 7) is 0. The van der Waals surface area contributed by atoms with Gasteiger partial charge in [-0.25, -0.2) is 0 Å². The summed E-state index contributed by atoms with van der Waals surface area (Å²) in [4.78, 5) is 11.8. The second kappa shape index (κ2) is 6.94. The van der Waals surface area contributed by atoms with E-state index in [-0.39, 0.29) is 17.6 Å². The molecule has 3 aromatic rings. The number of hydrogen-bond acceptors (Lipinski definition) is 10. The van der Waals surface area contributed by atoms with Crippen molar-refractivity contribution in [1.82, 2.24) is 20.4 Å². The molecule has 114 valence electrons. The number of nitrogens with one attached hydrogen (secondary N) is 1. The lowest BCUT2D eigenvalue weighted by atomic mass is 10.5. The Morgan fingerprint density at radius 2 is 2.27 bits per heavy atom. The van der Waals surface area contributed by atoms with E-state index >= 15 is 0 Å². The Morgan fingerprint density at radius 3 is 3.00 bits per heavy atom. The van der Waals surface area contributed by atoms with E-state index in [0.717, 1.165) is 16.1 Å². The fourth-order valence-electron chi connectivity index (χ4n) is 1.39. The number of furan rings is 1. The molecule has 0 aliphatic carbocycles. The number of nitrogens with zero attached hydrogens (tertiary/aromatic N) is 4. The highest BCUT2D eigenvalue weighted by Gasteiger charge is 2.13. The van der Waals surface area contributed by atoms with Gasteiger partial charge in [-0.2, -0.15) is 0 Å². The molecule has 1 N–H and O–H groups in total. The molecule has 0 saturated heterocycles. The minimum absolute atomic E-state index is 0.133. The van der Waals surface area contributed by atoms with Gasteiger partial charge in [0.05, 0.1) is 12.0 Å². The summed E-state index contributed by atoms with van der Waals surface area (Å²) in [5, 5.41) is 18.9. The van der Waals surface area contributed by atoms with Gasteiger partial charge in [0.25, 0.3) is 11.1 Å². The predicted molar refractivity (Wildman–Crippen MR) is 83.0 cm³/mol. The number of amides is 1. The van der Waals surface area contributed by atoms with Gasteiger partial charge in [0.15, 0.2) is 10.1 Å². The average molecular weight is 355 g/mol. The minimum atomic E-state index is -0.216. The molecule has 0 aliphatic rings. The van der Waals surface area contributed by atoms with Gasteiger partial charge in [0.2, 0.25) is 11.0 Å². The Hall–Kier alpha value is -1.85. The fourth-order valence-corrected chi connectivity index (χ4v) is 3.14. The number of thioether (sulfide) groups is 2. The third-order valence-electron chi connectivity index (χ3n) is 2.29. The molecule has 0 radical (unpaired) electrons. The highest BCUT2D eigenvalue weighted by Crippen LogP contribution is 2.25. The molecule has 22 heavy (non-hydrogen) atoms. The van der Waals surface area contributed by atoms with Crippen LogP contribution in [0.4, 0.5) is 5.13 Å². The van der Waals surface area contributed by atoms with Crippen LogP contribution in [0.2, 0.25) is 0 Å². The topological polar surface area (TPSA) is 107 Å². The summed E-state index contributed by atoms with van der Waals surface area (Å²) in [5.74, 6) is 0.684. The normalized spacial score (nSPS) is 10.8. The van der Waals surface area contributed by atoms with Crippen LogP contribution < -0.4 is 5.32 Å². The quantitative estimate of drug-likeness (QED) is 0.527. The van der Waals surface area contributed by atoms with Crippen LogP contribution >= 0.6 is 34.9 Å². The zero-order valence-electron chi connectivity index (χ0n) is 11.2. The third kappa shape index (κ3) is 3.67. The molecule has 3 heterocycles. The van der Waals surface area contributed by atoms with Crippen LogP contribution in [0.5, 0.6) is 0 Å². The second-order valence-electron chi connectivity index (χ2n) is 3.76. The molecule has 0 atom stereocenters. The van der Waals surface area contributed by atoms with Crippen molar-refractivity contribution < 1.29 is 13.6 Å². The molecule has 0 aliphatic heterocycles. The van der Waals surface area contributed by atoms with Crippen LogP contribution in [-0.2, 0) is 4.79 Å². The van der Waals surface area contributed by atoms with Gasteiger partial charge in [0.1, 0.15) is 0 Å². The molecule has 1 amide bonds. The lowest BCUT2D eigenvalue weighted by Crippen LogP contribution is -2.13. The van der Waals surface area contributed by atoms with Crippen molar-refractivity contribution in [1.29, 1.82) is 0 Å². The molecule has 3 rings (SSSR count). The summed E-state index contributed by atoms with van der Waals surface area (Å²) >= 11 is 3.93. The minimum Gasteiger partial charge on any atom is -0.459 e. The Morgan fingerprint density at radius 1 is 1.36 bits per heavy atom. The van der Waals surface area contributed by atoms with E-state index in [2.05, 4.69) is 25.7 Å². The van der Waals surface area contributed by atoms with Crippen molar-refractivity contribution in [2.24, 2.45) is 0 Å². The zero-order valence-corrected chi connectivity index (χ0v) is 13.6. The van der Waals surface area contributed by atoms with Crippen LogP contribution in [-0.4, -0.2) is 38.3 Å². The summed E-state index contributed by atoms with van der Waals surface area (Å²) in [6, 6.07) is 3.44. The second-order valence-corrected chi connectivity index (χ2v) is 6.72. The summed E-state index contributed by atoms with van der Waals surface area (Å²) < 4.78 is 11.3. The van der Waals surface area contributed by atoms with Crippen molar-refractivity contribution in [2.45, 2.75) is 9.56 Å². The lowest BCUT2D eigenvalue weighted by Gasteiger charge is -1.97. The monoisotopic (exact) mass is 355 g/mol. The SMILES string of the molecule is CSc1nnc(NC(=O)CSc2nnc(-c3ccco3)o2)s1. The molecular formula is C11H9N5O3S3. The summed E-state index contributed by atoms with van der Waals surface area (Å²) in [5.41, 5.74) is 0. The Balaban J connectivity index is 1.52. The van der Waals surface area contributed by atoms with E-state index in [4.69, 9.17) is 8.83 Å². The van der Waals surface area contributed by atoms with E-state index in [1.54, 1.807) is 12.1 Å².